The second-order valence-electron chi connectivity index (χ2n) is 6.48. The zero-order chi connectivity index (χ0) is 17.4. The van der Waals surface area contributed by atoms with E-state index >= 15 is 0 Å². The van der Waals surface area contributed by atoms with Gasteiger partial charge >= 0.3 is 0 Å². The van der Waals surface area contributed by atoms with Crippen LogP contribution in [0.15, 0.2) is 0 Å². The molecule has 4 unspecified atom stereocenters. The maximum Gasteiger partial charge on any atom is 0.243 e. The fourth-order valence-electron chi connectivity index (χ4n) is 2.85. The molecule has 7 heteroatoms. The number of hydrogen-bond acceptors (Lipinski definition) is 5. The van der Waals surface area contributed by atoms with Gasteiger partial charge in [-0.1, -0.05) is 6.92 Å². The minimum Gasteiger partial charge on any atom is -0.392 e. The summed E-state index contributed by atoms with van der Waals surface area (Å²) < 4.78 is 0. The molecule has 1 aliphatic heterocycles. The van der Waals surface area contributed by atoms with Crippen molar-refractivity contribution in [1.29, 1.82) is 0 Å². The molecule has 0 radical (unpaired) electrons. The number of carbonyl (C=O) groups is 2. The SMILES string of the molecule is CCC1NC(=O)C(CCCCN(CC(C)O)CC(C)O)NC1=O. The zero-order valence-corrected chi connectivity index (χ0v) is 14.4. The van der Waals surface area contributed by atoms with E-state index in [4.69, 9.17) is 0 Å². The molecule has 1 rings (SSSR count). The molecule has 0 saturated carbocycles. The molecule has 1 aliphatic rings. The third-order valence-electron chi connectivity index (χ3n) is 3.94. The Morgan fingerprint density at radius 3 is 2.04 bits per heavy atom. The van der Waals surface area contributed by atoms with Gasteiger partial charge in [0.15, 0.2) is 0 Å². The zero-order valence-electron chi connectivity index (χ0n) is 14.4. The lowest BCUT2D eigenvalue weighted by atomic mass is 10.0. The highest BCUT2D eigenvalue weighted by molar-refractivity contribution is 5.96. The Kier molecular flexibility index (Phi) is 8.51. The van der Waals surface area contributed by atoms with Gasteiger partial charge in [-0.2, -0.15) is 0 Å². The van der Waals surface area contributed by atoms with Crippen LogP contribution in [0.5, 0.6) is 0 Å². The molecule has 134 valence electrons. The number of rotatable bonds is 10. The highest BCUT2D eigenvalue weighted by Gasteiger charge is 2.31. The Balaban J connectivity index is 2.32. The van der Waals surface area contributed by atoms with Crippen LogP contribution in [0.4, 0.5) is 0 Å². The van der Waals surface area contributed by atoms with Gasteiger partial charge in [-0.3, -0.25) is 14.5 Å². The van der Waals surface area contributed by atoms with E-state index in [1.807, 2.05) is 11.8 Å². The van der Waals surface area contributed by atoms with Crippen molar-refractivity contribution >= 4 is 11.8 Å². The molecule has 1 heterocycles. The van der Waals surface area contributed by atoms with Crippen LogP contribution in [0.1, 0.15) is 46.5 Å². The van der Waals surface area contributed by atoms with E-state index in [1.165, 1.54) is 0 Å². The Hall–Kier alpha value is -1.18. The molecule has 0 bridgehead atoms. The molecule has 1 saturated heterocycles. The second kappa shape index (κ2) is 9.85. The van der Waals surface area contributed by atoms with Crippen molar-refractivity contribution < 1.29 is 19.8 Å². The first-order chi connectivity index (χ1) is 10.8. The molecule has 4 atom stereocenters. The number of carbonyl (C=O) groups excluding carboxylic acids is 2. The van der Waals surface area contributed by atoms with E-state index in [0.29, 0.717) is 25.9 Å². The molecule has 0 spiro atoms. The monoisotopic (exact) mass is 329 g/mol. The molecular formula is C16H31N3O4. The van der Waals surface area contributed by atoms with Crippen LogP contribution < -0.4 is 10.6 Å². The van der Waals surface area contributed by atoms with Gasteiger partial charge in [-0.25, -0.2) is 0 Å². The van der Waals surface area contributed by atoms with Gasteiger partial charge in [0.2, 0.25) is 11.8 Å². The van der Waals surface area contributed by atoms with Crippen LogP contribution in [0.2, 0.25) is 0 Å². The number of unbranched alkanes of at least 4 members (excludes halogenated alkanes) is 1. The first-order valence-electron chi connectivity index (χ1n) is 8.52. The van der Waals surface area contributed by atoms with E-state index in [2.05, 4.69) is 10.6 Å². The fraction of sp³-hybridized carbons (Fsp3) is 0.875. The van der Waals surface area contributed by atoms with Crippen LogP contribution >= 0.6 is 0 Å². The van der Waals surface area contributed by atoms with Crippen molar-refractivity contribution in [2.45, 2.75) is 70.7 Å². The average molecular weight is 329 g/mol. The van der Waals surface area contributed by atoms with Crippen molar-refractivity contribution in [3.63, 3.8) is 0 Å². The van der Waals surface area contributed by atoms with Gasteiger partial charge in [-0.15, -0.1) is 0 Å². The molecular weight excluding hydrogens is 298 g/mol. The number of amides is 2. The number of hydrogen-bond donors (Lipinski definition) is 4. The third-order valence-corrected chi connectivity index (χ3v) is 3.94. The van der Waals surface area contributed by atoms with Crippen molar-refractivity contribution in [2.75, 3.05) is 19.6 Å². The maximum atomic E-state index is 11.9. The highest BCUT2D eigenvalue weighted by atomic mass is 16.3. The van der Waals surface area contributed by atoms with Crippen molar-refractivity contribution in [3.05, 3.63) is 0 Å². The lowest BCUT2D eigenvalue weighted by Crippen LogP contribution is -2.61. The number of nitrogens with zero attached hydrogens (tertiary/aromatic N) is 1. The summed E-state index contributed by atoms with van der Waals surface area (Å²) in [5.74, 6) is -0.219. The van der Waals surface area contributed by atoms with E-state index in [9.17, 15) is 19.8 Å². The number of aliphatic hydroxyl groups is 2. The summed E-state index contributed by atoms with van der Waals surface area (Å²) in [5.41, 5.74) is 0. The Morgan fingerprint density at radius 1 is 1.00 bits per heavy atom. The first kappa shape index (κ1) is 19.9. The number of aliphatic hydroxyl groups excluding tert-OH is 2. The minimum atomic E-state index is -0.452. The largest absolute Gasteiger partial charge is 0.392 e. The average Bonchev–Trinajstić information content (AvgIpc) is 2.45. The van der Waals surface area contributed by atoms with Gasteiger partial charge in [0.05, 0.1) is 12.2 Å². The topological polar surface area (TPSA) is 102 Å². The van der Waals surface area contributed by atoms with E-state index < -0.39 is 24.3 Å². The van der Waals surface area contributed by atoms with Crippen LogP contribution in [-0.4, -0.2) is 70.9 Å². The molecule has 0 aliphatic carbocycles. The van der Waals surface area contributed by atoms with Crippen molar-refractivity contribution in [3.8, 4) is 0 Å². The van der Waals surface area contributed by atoms with Crippen LogP contribution in [0.25, 0.3) is 0 Å². The molecule has 4 N–H and O–H groups in total. The normalized spacial score (nSPS) is 24.3. The summed E-state index contributed by atoms with van der Waals surface area (Å²) in [6.07, 6.45) is 1.95. The van der Waals surface area contributed by atoms with E-state index in [-0.39, 0.29) is 11.8 Å². The second-order valence-corrected chi connectivity index (χ2v) is 6.48. The van der Waals surface area contributed by atoms with Gasteiger partial charge in [0.25, 0.3) is 0 Å². The van der Waals surface area contributed by atoms with E-state index in [1.54, 1.807) is 13.8 Å². The van der Waals surface area contributed by atoms with Gasteiger partial charge in [0.1, 0.15) is 12.1 Å². The van der Waals surface area contributed by atoms with Gasteiger partial charge in [-0.05, 0) is 46.1 Å². The highest BCUT2D eigenvalue weighted by Crippen LogP contribution is 2.09. The Labute approximate surface area is 138 Å². The quantitative estimate of drug-likeness (QED) is 0.409. The minimum absolute atomic E-state index is 0.109. The lowest BCUT2D eigenvalue weighted by molar-refractivity contribution is -0.137. The summed E-state index contributed by atoms with van der Waals surface area (Å²) in [7, 11) is 0. The first-order valence-corrected chi connectivity index (χ1v) is 8.52. The maximum absolute atomic E-state index is 11.9. The number of piperazine rings is 1. The van der Waals surface area contributed by atoms with Crippen molar-refractivity contribution in [2.24, 2.45) is 0 Å². The summed E-state index contributed by atoms with van der Waals surface area (Å²) in [6, 6.07) is -0.862. The lowest BCUT2D eigenvalue weighted by Gasteiger charge is -2.29. The Bertz CT molecular complexity index is 378. The molecule has 0 aromatic rings. The summed E-state index contributed by atoms with van der Waals surface area (Å²) in [5, 5.41) is 24.5. The fourth-order valence-corrected chi connectivity index (χ4v) is 2.85. The molecule has 23 heavy (non-hydrogen) atoms. The number of nitrogens with one attached hydrogen (secondary N) is 2. The predicted molar refractivity (Wildman–Crippen MR) is 87.8 cm³/mol. The smallest absolute Gasteiger partial charge is 0.243 e. The molecule has 0 aromatic carbocycles. The van der Waals surface area contributed by atoms with Gasteiger partial charge < -0.3 is 20.8 Å². The standard InChI is InChI=1S/C16H31N3O4/c1-4-13-15(22)18-14(16(23)17-13)7-5-6-8-19(9-11(2)20)10-12(3)21/h11-14,20-21H,4-10H2,1-3H3,(H,17,23)(H,18,22). The molecule has 2 amide bonds. The molecule has 1 fully saturated rings. The summed E-state index contributed by atoms with van der Waals surface area (Å²) in [4.78, 5) is 25.7. The Morgan fingerprint density at radius 2 is 1.52 bits per heavy atom. The van der Waals surface area contributed by atoms with Crippen LogP contribution in [0.3, 0.4) is 0 Å². The summed E-state index contributed by atoms with van der Waals surface area (Å²) >= 11 is 0. The predicted octanol–water partition coefficient (Wildman–Crippen LogP) is -0.386. The summed E-state index contributed by atoms with van der Waals surface area (Å²) in [6.45, 7) is 7.09. The van der Waals surface area contributed by atoms with Gasteiger partial charge in [0, 0.05) is 13.1 Å². The van der Waals surface area contributed by atoms with E-state index in [0.717, 1.165) is 19.4 Å². The van der Waals surface area contributed by atoms with Crippen LogP contribution in [0, 0.1) is 0 Å². The van der Waals surface area contributed by atoms with Crippen molar-refractivity contribution in [1.82, 2.24) is 15.5 Å². The molecule has 0 aromatic heterocycles. The van der Waals surface area contributed by atoms with Crippen LogP contribution in [-0.2, 0) is 9.59 Å². The third kappa shape index (κ3) is 7.28. The molecule has 7 nitrogen and oxygen atoms in total.